The predicted molar refractivity (Wildman–Crippen MR) is 122 cm³/mol. The molecular formula is C23H21ClN2O5S. The number of carbonyl (C=O) groups excluding carboxylic acids is 2. The Balaban J connectivity index is 1.52. The maximum absolute atomic E-state index is 12.4. The van der Waals surface area contributed by atoms with Gasteiger partial charge in [-0.1, -0.05) is 41.9 Å². The molecule has 1 amide bonds. The molecule has 0 fully saturated rings. The summed E-state index contributed by atoms with van der Waals surface area (Å²) in [6, 6.07) is 20.1. The van der Waals surface area contributed by atoms with Crippen molar-refractivity contribution in [1.29, 1.82) is 0 Å². The zero-order valence-electron chi connectivity index (χ0n) is 17.1. The first-order valence-corrected chi connectivity index (χ1v) is 11.5. The van der Waals surface area contributed by atoms with Gasteiger partial charge in [-0.25, -0.2) is 8.42 Å². The van der Waals surface area contributed by atoms with E-state index < -0.39 is 22.0 Å². The lowest BCUT2D eigenvalue weighted by Crippen LogP contribution is -2.39. The fourth-order valence-corrected chi connectivity index (χ4v) is 4.04. The molecule has 9 heteroatoms. The van der Waals surface area contributed by atoms with Crippen LogP contribution in [0.5, 0.6) is 0 Å². The number of halogens is 1. The van der Waals surface area contributed by atoms with E-state index in [2.05, 4.69) is 10.0 Å². The Bertz CT molecular complexity index is 1180. The third-order valence-corrected chi connectivity index (χ3v) is 6.25. The van der Waals surface area contributed by atoms with Crippen molar-refractivity contribution in [3.8, 4) is 0 Å². The molecular weight excluding hydrogens is 452 g/mol. The third kappa shape index (κ3) is 6.40. The summed E-state index contributed by atoms with van der Waals surface area (Å²) in [6.45, 7) is 1.33. The highest BCUT2D eigenvalue weighted by Crippen LogP contribution is 2.15. The van der Waals surface area contributed by atoms with Gasteiger partial charge in [0.1, 0.15) is 12.6 Å². The van der Waals surface area contributed by atoms with Crippen LogP contribution in [0.4, 0.5) is 5.69 Å². The van der Waals surface area contributed by atoms with Gasteiger partial charge in [-0.2, -0.15) is 4.72 Å². The Kier molecular flexibility index (Phi) is 7.63. The average Bonchev–Trinajstić information content (AvgIpc) is 2.78. The summed E-state index contributed by atoms with van der Waals surface area (Å²) < 4.78 is 32.2. The number of hydrogen-bond donors (Lipinski definition) is 2. The first kappa shape index (κ1) is 23.5. The summed E-state index contributed by atoms with van der Waals surface area (Å²) in [7, 11) is -3.90. The standard InChI is InChI=1S/C23H21ClN2O5S/c1-16(26-32(29,30)21-13-11-19(24)12-14-21)23(28)31-15-17-7-9-18(10-8-17)22(27)25-20-5-3-2-4-6-20/h2-14,16,26H,15H2,1H3,(H,25,27)/t16-/m0/s1. The SMILES string of the molecule is C[C@H](NS(=O)(=O)c1ccc(Cl)cc1)C(=O)OCc1ccc(C(=O)Nc2ccccc2)cc1. The Morgan fingerprint density at radius 2 is 1.56 bits per heavy atom. The molecule has 0 aliphatic heterocycles. The first-order chi connectivity index (χ1) is 15.2. The largest absolute Gasteiger partial charge is 0.460 e. The van der Waals surface area contributed by atoms with Crippen LogP contribution >= 0.6 is 11.6 Å². The maximum Gasteiger partial charge on any atom is 0.324 e. The normalized spacial score (nSPS) is 12.1. The van der Waals surface area contributed by atoms with E-state index in [-0.39, 0.29) is 17.4 Å². The van der Waals surface area contributed by atoms with Crippen LogP contribution in [0.2, 0.25) is 5.02 Å². The lowest BCUT2D eigenvalue weighted by atomic mass is 10.1. The lowest BCUT2D eigenvalue weighted by molar-refractivity contribution is -0.146. The van der Waals surface area contributed by atoms with Gasteiger partial charge in [0.25, 0.3) is 5.91 Å². The highest BCUT2D eigenvalue weighted by Gasteiger charge is 2.23. The topological polar surface area (TPSA) is 102 Å². The van der Waals surface area contributed by atoms with Gasteiger partial charge in [0, 0.05) is 16.3 Å². The van der Waals surface area contributed by atoms with Gasteiger partial charge in [0.2, 0.25) is 10.0 Å². The summed E-state index contributed by atoms with van der Waals surface area (Å²) in [4.78, 5) is 24.5. The number of rotatable bonds is 8. The van der Waals surface area contributed by atoms with Gasteiger partial charge in [-0.3, -0.25) is 9.59 Å². The van der Waals surface area contributed by atoms with Crippen molar-refractivity contribution < 1.29 is 22.7 Å². The second-order valence-electron chi connectivity index (χ2n) is 6.92. The number of hydrogen-bond acceptors (Lipinski definition) is 5. The zero-order chi connectivity index (χ0) is 23.1. The molecule has 2 N–H and O–H groups in total. The molecule has 0 aliphatic rings. The fraction of sp³-hybridized carbons (Fsp3) is 0.130. The minimum Gasteiger partial charge on any atom is -0.460 e. The molecule has 0 bridgehead atoms. The quantitative estimate of drug-likeness (QED) is 0.482. The van der Waals surface area contributed by atoms with E-state index in [0.29, 0.717) is 21.8 Å². The molecule has 3 rings (SSSR count). The third-order valence-electron chi connectivity index (χ3n) is 4.44. The molecule has 0 saturated carbocycles. The molecule has 3 aromatic carbocycles. The number of anilines is 1. The molecule has 0 aromatic heterocycles. The van der Waals surface area contributed by atoms with Crippen molar-refractivity contribution in [3.05, 3.63) is 95.0 Å². The fourth-order valence-electron chi connectivity index (χ4n) is 2.72. The minimum atomic E-state index is -3.90. The van der Waals surface area contributed by atoms with E-state index in [1.807, 2.05) is 18.2 Å². The molecule has 0 radical (unpaired) electrons. The molecule has 0 saturated heterocycles. The van der Waals surface area contributed by atoms with Crippen LogP contribution in [0.15, 0.2) is 83.8 Å². The molecule has 3 aromatic rings. The van der Waals surface area contributed by atoms with Gasteiger partial charge in [-0.15, -0.1) is 0 Å². The molecule has 166 valence electrons. The maximum atomic E-state index is 12.4. The molecule has 0 heterocycles. The highest BCUT2D eigenvalue weighted by molar-refractivity contribution is 7.89. The summed E-state index contributed by atoms with van der Waals surface area (Å²) in [6.07, 6.45) is 0. The predicted octanol–water partition coefficient (Wildman–Crippen LogP) is 4.00. The number of nitrogens with one attached hydrogen (secondary N) is 2. The molecule has 0 spiro atoms. The number of esters is 1. The Hall–Kier alpha value is -3.20. The van der Waals surface area contributed by atoms with Crippen LogP contribution in [0.1, 0.15) is 22.8 Å². The smallest absolute Gasteiger partial charge is 0.324 e. The van der Waals surface area contributed by atoms with Crippen LogP contribution < -0.4 is 10.0 Å². The number of benzene rings is 3. The molecule has 0 aliphatic carbocycles. The van der Waals surface area contributed by atoms with Crippen molar-refractivity contribution in [2.45, 2.75) is 24.5 Å². The van der Waals surface area contributed by atoms with Crippen molar-refractivity contribution in [1.82, 2.24) is 4.72 Å². The van der Waals surface area contributed by atoms with Gasteiger partial charge in [-0.05, 0) is 61.0 Å². The van der Waals surface area contributed by atoms with Crippen LogP contribution in [0.3, 0.4) is 0 Å². The Morgan fingerprint density at radius 1 is 0.938 bits per heavy atom. The van der Waals surface area contributed by atoms with Crippen LogP contribution in [-0.2, 0) is 26.2 Å². The number of para-hydroxylation sites is 1. The van der Waals surface area contributed by atoms with Gasteiger partial charge < -0.3 is 10.1 Å². The number of amides is 1. The summed E-state index contributed by atoms with van der Waals surface area (Å²) in [5.74, 6) is -0.988. The molecule has 7 nitrogen and oxygen atoms in total. The van der Waals surface area contributed by atoms with Gasteiger partial charge in [0.05, 0.1) is 4.90 Å². The van der Waals surface area contributed by atoms with Crippen LogP contribution in [-0.4, -0.2) is 26.3 Å². The summed E-state index contributed by atoms with van der Waals surface area (Å²) >= 11 is 5.77. The van der Waals surface area contributed by atoms with E-state index in [1.54, 1.807) is 36.4 Å². The van der Waals surface area contributed by atoms with Gasteiger partial charge >= 0.3 is 5.97 Å². The van der Waals surface area contributed by atoms with Crippen molar-refractivity contribution in [2.24, 2.45) is 0 Å². The van der Waals surface area contributed by atoms with Crippen LogP contribution in [0.25, 0.3) is 0 Å². The van der Waals surface area contributed by atoms with E-state index in [0.717, 1.165) is 0 Å². The average molecular weight is 473 g/mol. The molecule has 0 unspecified atom stereocenters. The van der Waals surface area contributed by atoms with Crippen molar-refractivity contribution in [3.63, 3.8) is 0 Å². The van der Waals surface area contributed by atoms with E-state index >= 15 is 0 Å². The second kappa shape index (κ2) is 10.4. The minimum absolute atomic E-state index is 0.00841. The molecule has 1 atom stereocenters. The Labute approximate surface area is 191 Å². The molecule has 32 heavy (non-hydrogen) atoms. The van der Waals surface area contributed by atoms with E-state index in [1.165, 1.54) is 31.2 Å². The lowest BCUT2D eigenvalue weighted by Gasteiger charge is -2.14. The number of sulfonamides is 1. The van der Waals surface area contributed by atoms with E-state index in [4.69, 9.17) is 16.3 Å². The van der Waals surface area contributed by atoms with Crippen LogP contribution in [0, 0.1) is 0 Å². The zero-order valence-corrected chi connectivity index (χ0v) is 18.7. The number of carbonyl (C=O) groups is 2. The number of ether oxygens (including phenoxy) is 1. The second-order valence-corrected chi connectivity index (χ2v) is 9.07. The van der Waals surface area contributed by atoms with Crippen molar-refractivity contribution in [2.75, 3.05) is 5.32 Å². The van der Waals surface area contributed by atoms with E-state index in [9.17, 15) is 18.0 Å². The summed E-state index contributed by atoms with van der Waals surface area (Å²) in [5.41, 5.74) is 1.79. The summed E-state index contributed by atoms with van der Waals surface area (Å²) in [5, 5.41) is 3.19. The van der Waals surface area contributed by atoms with Crippen molar-refractivity contribution >= 4 is 39.2 Å². The monoisotopic (exact) mass is 472 g/mol. The Morgan fingerprint density at radius 3 is 2.19 bits per heavy atom. The highest BCUT2D eigenvalue weighted by atomic mass is 35.5. The first-order valence-electron chi connectivity index (χ1n) is 9.64. The van der Waals surface area contributed by atoms with Gasteiger partial charge in [0.15, 0.2) is 0 Å².